The molecule has 0 spiro atoms. The highest BCUT2D eigenvalue weighted by molar-refractivity contribution is 6.39. The molecule has 1 aromatic heterocycles. The van der Waals surface area contributed by atoms with Crippen LogP contribution in [0.2, 0.25) is 10.0 Å². The molecule has 0 radical (unpaired) electrons. The van der Waals surface area contributed by atoms with Gasteiger partial charge in [-0.05, 0) is 37.0 Å². The molecule has 28 heavy (non-hydrogen) atoms. The van der Waals surface area contributed by atoms with E-state index in [0.29, 0.717) is 12.5 Å². The number of carbonyl (C=O) groups is 1. The Labute approximate surface area is 169 Å². The van der Waals surface area contributed by atoms with Crippen LogP contribution in [0.3, 0.4) is 0 Å². The van der Waals surface area contributed by atoms with E-state index in [4.69, 9.17) is 27.9 Å². The van der Waals surface area contributed by atoms with Crippen LogP contribution in [0, 0.1) is 5.92 Å². The molecule has 0 saturated heterocycles. The molecule has 0 aliphatic heterocycles. The lowest BCUT2D eigenvalue weighted by atomic mass is 10.2. The molecule has 1 fully saturated rings. The highest BCUT2D eigenvalue weighted by atomic mass is 35.5. The molecule has 0 unspecified atom stereocenters. The quantitative estimate of drug-likeness (QED) is 0.710. The van der Waals surface area contributed by atoms with Crippen molar-refractivity contribution in [3.8, 4) is 11.5 Å². The van der Waals surface area contributed by atoms with E-state index < -0.39 is 12.5 Å². The third-order valence-electron chi connectivity index (χ3n) is 3.69. The number of amides is 1. The lowest BCUT2D eigenvalue weighted by Crippen LogP contribution is -2.14. The molecular weight excluding hydrogens is 421 g/mol. The first-order valence-electron chi connectivity index (χ1n) is 7.76. The minimum absolute atomic E-state index is 0. The summed E-state index contributed by atoms with van der Waals surface area (Å²) in [4.78, 5) is 16.3. The molecule has 7 nitrogen and oxygen atoms in total. The standard InChI is InChI=1S/C17H14Cl2F2N2O3.2H2O/c18-11-6-22-7-12(19)15(11)23-16(24)10-3-4-13(26-17(20)21)14(5-10)25-8-9-1-2-9;;/h3-7,9,17H,1-2,8H2,(H,22,23,24);2*1H2. The van der Waals surface area contributed by atoms with E-state index in [0.717, 1.165) is 12.8 Å². The normalized spacial score (nSPS) is 12.6. The number of alkyl halides is 2. The molecule has 1 aromatic carbocycles. The molecule has 1 aliphatic carbocycles. The van der Waals surface area contributed by atoms with E-state index in [-0.39, 0.29) is 43.7 Å². The van der Waals surface area contributed by atoms with Crippen LogP contribution in [0.5, 0.6) is 11.5 Å². The number of carbonyl (C=O) groups excluding carboxylic acids is 1. The number of anilines is 1. The number of rotatable bonds is 7. The van der Waals surface area contributed by atoms with Crippen molar-refractivity contribution in [2.75, 3.05) is 11.9 Å². The van der Waals surface area contributed by atoms with Crippen molar-refractivity contribution >= 4 is 34.8 Å². The lowest BCUT2D eigenvalue weighted by Gasteiger charge is -2.14. The second kappa shape index (κ2) is 10.4. The van der Waals surface area contributed by atoms with Crippen LogP contribution in [0.25, 0.3) is 0 Å². The van der Waals surface area contributed by atoms with Gasteiger partial charge in [-0.25, -0.2) is 0 Å². The summed E-state index contributed by atoms with van der Waals surface area (Å²) in [5.74, 6) is -0.171. The van der Waals surface area contributed by atoms with Crippen molar-refractivity contribution < 1.29 is 34.0 Å². The van der Waals surface area contributed by atoms with Crippen LogP contribution in [-0.2, 0) is 0 Å². The number of pyridine rings is 1. The van der Waals surface area contributed by atoms with Crippen molar-refractivity contribution in [1.29, 1.82) is 0 Å². The van der Waals surface area contributed by atoms with Gasteiger partial charge in [-0.2, -0.15) is 8.78 Å². The molecule has 154 valence electrons. The van der Waals surface area contributed by atoms with Crippen molar-refractivity contribution in [1.82, 2.24) is 4.98 Å². The molecule has 5 N–H and O–H groups in total. The summed E-state index contributed by atoms with van der Waals surface area (Å²) in [5.41, 5.74) is 0.392. The van der Waals surface area contributed by atoms with Gasteiger partial charge < -0.3 is 25.7 Å². The van der Waals surface area contributed by atoms with Crippen molar-refractivity contribution in [3.05, 3.63) is 46.2 Å². The fourth-order valence-electron chi connectivity index (χ4n) is 2.16. The third-order valence-corrected chi connectivity index (χ3v) is 4.26. The largest absolute Gasteiger partial charge is 0.489 e. The average Bonchev–Trinajstić information content (AvgIpc) is 3.41. The summed E-state index contributed by atoms with van der Waals surface area (Å²) in [5, 5.41) is 2.92. The number of nitrogens with one attached hydrogen (secondary N) is 1. The van der Waals surface area contributed by atoms with E-state index in [2.05, 4.69) is 15.0 Å². The number of halogens is 4. The van der Waals surface area contributed by atoms with Crippen molar-refractivity contribution in [2.45, 2.75) is 19.5 Å². The molecular formula is C17H18Cl2F2N2O5. The SMILES string of the molecule is O.O.O=C(Nc1c(Cl)cncc1Cl)c1ccc(OC(F)F)c(OCC2CC2)c1. The summed E-state index contributed by atoms with van der Waals surface area (Å²) < 4.78 is 35.1. The maximum absolute atomic E-state index is 12.6. The average molecular weight is 439 g/mol. The zero-order valence-corrected chi connectivity index (χ0v) is 15.9. The summed E-state index contributed by atoms with van der Waals surface area (Å²) in [6, 6.07) is 3.96. The van der Waals surface area contributed by atoms with Gasteiger partial charge in [0.1, 0.15) is 0 Å². The van der Waals surface area contributed by atoms with Gasteiger partial charge in [0.2, 0.25) is 0 Å². The van der Waals surface area contributed by atoms with Gasteiger partial charge in [0, 0.05) is 18.0 Å². The van der Waals surface area contributed by atoms with Gasteiger partial charge in [-0.15, -0.1) is 0 Å². The zero-order valence-electron chi connectivity index (χ0n) is 14.3. The van der Waals surface area contributed by atoms with E-state index in [1.54, 1.807) is 0 Å². The number of hydrogen-bond donors (Lipinski definition) is 1. The van der Waals surface area contributed by atoms with E-state index in [1.807, 2.05) is 0 Å². The molecule has 1 amide bonds. The summed E-state index contributed by atoms with van der Waals surface area (Å²) in [7, 11) is 0. The van der Waals surface area contributed by atoms with E-state index in [9.17, 15) is 13.6 Å². The van der Waals surface area contributed by atoms with Crippen LogP contribution < -0.4 is 14.8 Å². The first-order chi connectivity index (χ1) is 12.4. The van der Waals surface area contributed by atoms with Gasteiger partial charge in [0.25, 0.3) is 5.91 Å². The maximum Gasteiger partial charge on any atom is 0.387 e. The first-order valence-corrected chi connectivity index (χ1v) is 8.51. The molecule has 1 heterocycles. The molecule has 11 heteroatoms. The summed E-state index contributed by atoms with van der Waals surface area (Å²) >= 11 is 12.0. The van der Waals surface area contributed by atoms with Gasteiger partial charge in [-0.1, -0.05) is 23.2 Å². The predicted molar refractivity (Wildman–Crippen MR) is 101 cm³/mol. The lowest BCUT2D eigenvalue weighted by molar-refractivity contribution is -0.0515. The molecule has 2 aromatic rings. The number of ether oxygens (including phenoxy) is 2. The number of hydrogen-bond acceptors (Lipinski definition) is 4. The Morgan fingerprint density at radius 3 is 2.39 bits per heavy atom. The first kappa shape index (κ1) is 23.8. The third kappa shape index (κ3) is 6.16. The Kier molecular flexibility index (Phi) is 8.83. The monoisotopic (exact) mass is 438 g/mol. The zero-order chi connectivity index (χ0) is 18.7. The van der Waals surface area contributed by atoms with E-state index in [1.165, 1.54) is 30.6 Å². The molecule has 1 aliphatic rings. The molecule has 3 rings (SSSR count). The smallest absolute Gasteiger partial charge is 0.387 e. The minimum atomic E-state index is -2.99. The second-order valence-corrected chi connectivity index (χ2v) is 6.54. The van der Waals surface area contributed by atoms with Crippen molar-refractivity contribution in [2.24, 2.45) is 5.92 Å². The fourth-order valence-corrected chi connectivity index (χ4v) is 2.62. The Morgan fingerprint density at radius 1 is 1.18 bits per heavy atom. The van der Waals surface area contributed by atoms with Gasteiger partial charge in [0.15, 0.2) is 11.5 Å². The van der Waals surface area contributed by atoms with Crippen molar-refractivity contribution in [3.63, 3.8) is 0 Å². The molecule has 1 saturated carbocycles. The second-order valence-electron chi connectivity index (χ2n) is 5.73. The summed E-state index contributed by atoms with van der Waals surface area (Å²) in [6.07, 6.45) is 4.74. The van der Waals surface area contributed by atoms with Crippen LogP contribution in [0.15, 0.2) is 30.6 Å². The fraction of sp³-hybridized carbons (Fsp3) is 0.294. The van der Waals surface area contributed by atoms with Crippen LogP contribution in [0.4, 0.5) is 14.5 Å². The Hall–Kier alpha value is -2.20. The highest BCUT2D eigenvalue weighted by Gasteiger charge is 2.23. The van der Waals surface area contributed by atoms with Gasteiger partial charge >= 0.3 is 6.61 Å². The van der Waals surface area contributed by atoms with Crippen LogP contribution >= 0.6 is 23.2 Å². The molecule has 0 bridgehead atoms. The van der Waals surface area contributed by atoms with E-state index >= 15 is 0 Å². The Bertz CT molecular complexity index is 802. The van der Waals surface area contributed by atoms with Crippen LogP contribution in [-0.4, -0.2) is 35.1 Å². The van der Waals surface area contributed by atoms with Gasteiger partial charge in [-0.3, -0.25) is 9.78 Å². The summed E-state index contributed by atoms with van der Waals surface area (Å²) in [6.45, 7) is -2.61. The number of benzene rings is 1. The maximum atomic E-state index is 12.6. The van der Waals surface area contributed by atoms with Crippen LogP contribution in [0.1, 0.15) is 23.2 Å². The Balaban J connectivity index is 0.00000196. The Morgan fingerprint density at radius 2 is 1.82 bits per heavy atom. The highest BCUT2D eigenvalue weighted by Crippen LogP contribution is 2.35. The number of nitrogens with zero attached hydrogens (tertiary/aromatic N) is 1. The van der Waals surface area contributed by atoms with Gasteiger partial charge in [0.05, 0.1) is 22.3 Å². The number of aromatic nitrogens is 1. The topological polar surface area (TPSA) is 123 Å². The predicted octanol–water partition coefficient (Wildman–Crippen LogP) is 3.38. The minimum Gasteiger partial charge on any atom is -0.489 e. The molecule has 0 atom stereocenters.